The van der Waals surface area contributed by atoms with E-state index in [9.17, 15) is 0 Å². The third kappa shape index (κ3) is 8.19. The summed E-state index contributed by atoms with van der Waals surface area (Å²) in [5, 5.41) is 10.6. The fourth-order valence-corrected chi connectivity index (χ4v) is 2.32. The van der Waals surface area contributed by atoms with E-state index in [4.69, 9.17) is 9.47 Å². The number of hydrogen-bond acceptors (Lipinski definition) is 5. The quantitative estimate of drug-likeness (QED) is 0.335. The highest BCUT2D eigenvalue weighted by molar-refractivity contribution is 5.79. The molecule has 0 bridgehead atoms. The molecule has 0 aliphatic carbocycles. The van der Waals surface area contributed by atoms with E-state index in [1.165, 1.54) is 6.33 Å². The number of unbranched alkanes of at least 4 members (excludes halogenated alkanes) is 1. The maximum atomic E-state index is 5.54. The second kappa shape index (κ2) is 12.8. The van der Waals surface area contributed by atoms with E-state index >= 15 is 0 Å². The first-order valence-electron chi connectivity index (χ1n) is 9.37. The van der Waals surface area contributed by atoms with Gasteiger partial charge in [-0.15, -0.1) is 0 Å². The van der Waals surface area contributed by atoms with E-state index in [2.05, 4.69) is 44.8 Å². The standard InChI is InChI=1S/C19H30N6O2/c1-3-4-10-26-12-13-27-11-9-22-19(20-2)23-14-17-5-7-18(8-6-17)25-16-21-15-24-25/h5-8,15-16H,3-4,9-14H2,1-2H3,(H2,20,22,23). The number of hydrogen-bond donors (Lipinski definition) is 2. The molecule has 0 spiro atoms. The van der Waals surface area contributed by atoms with Gasteiger partial charge in [0.1, 0.15) is 12.7 Å². The smallest absolute Gasteiger partial charge is 0.191 e. The van der Waals surface area contributed by atoms with Gasteiger partial charge in [0, 0.05) is 26.7 Å². The van der Waals surface area contributed by atoms with Gasteiger partial charge < -0.3 is 20.1 Å². The van der Waals surface area contributed by atoms with Crippen LogP contribution in [0.4, 0.5) is 0 Å². The molecule has 0 aliphatic rings. The highest BCUT2D eigenvalue weighted by atomic mass is 16.5. The number of aliphatic imine (C=N–C) groups is 1. The predicted octanol–water partition coefficient (Wildman–Crippen LogP) is 1.77. The molecule has 0 amide bonds. The Morgan fingerprint density at radius 1 is 1.07 bits per heavy atom. The van der Waals surface area contributed by atoms with Crippen LogP contribution in [0.5, 0.6) is 0 Å². The van der Waals surface area contributed by atoms with E-state index < -0.39 is 0 Å². The highest BCUT2D eigenvalue weighted by Gasteiger charge is 2.00. The molecule has 0 unspecified atom stereocenters. The van der Waals surface area contributed by atoms with Crippen molar-refractivity contribution in [3.8, 4) is 5.69 Å². The third-order valence-electron chi connectivity index (χ3n) is 3.86. The first-order valence-corrected chi connectivity index (χ1v) is 9.37. The molecule has 0 atom stereocenters. The van der Waals surface area contributed by atoms with Gasteiger partial charge in [0.15, 0.2) is 5.96 Å². The van der Waals surface area contributed by atoms with Crippen molar-refractivity contribution in [2.75, 3.05) is 40.0 Å². The van der Waals surface area contributed by atoms with E-state index in [1.54, 1.807) is 18.1 Å². The second-order valence-corrected chi connectivity index (χ2v) is 5.94. The van der Waals surface area contributed by atoms with Crippen LogP contribution in [0.2, 0.25) is 0 Å². The lowest BCUT2D eigenvalue weighted by Gasteiger charge is -2.12. The minimum Gasteiger partial charge on any atom is -0.379 e. The molecule has 1 aromatic heterocycles. The van der Waals surface area contributed by atoms with Crippen molar-refractivity contribution in [3.63, 3.8) is 0 Å². The normalized spacial score (nSPS) is 11.6. The first-order chi connectivity index (χ1) is 13.3. The maximum Gasteiger partial charge on any atom is 0.191 e. The summed E-state index contributed by atoms with van der Waals surface area (Å²) in [4.78, 5) is 8.17. The average molecular weight is 374 g/mol. The van der Waals surface area contributed by atoms with Crippen molar-refractivity contribution in [1.82, 2.24) is 25.4 Å². The largest absolute Gasteiger partial charge is 0.379 e. The molecule has 2 aromatic rings. The Bertz CT molecular complexity index is 643. The first kappa shape index (κ1) is 20.9. The zero-order valence-corrected chi connectivity index (χ0v) is 16.2. The fraction of sp³-hybridized carbons (Fsp3) is 0.526. The summed E-state index contributed by atoms with van der Waals surface area (Å²) in [5.74, 6) is 0.748. The molecule has 2 rings (SSSR count). The zero-order valence-electron chi connectivity index (χ0n) is 16.2. The van der Waals surface area contributed by atoms with Crippen molar-refractivity contribution in [2.24, 2.45) is 4.99 Å². The van der Waals surface area contributed by atoms with Gasteiger partial charge in [-0.05, 0) is 24.1 Å². The van der Waals surface area contributed by atoms with Crippen LogP contribution in [-0.4, -0.2) is 60.7 Å². The number of nitrogens with zero attached hydrogens (tertiary/aromatic N) is 4. The molecule has 148 valence electrons. The summed E-state index contributed by atoms with van der Waals surface area (Å²) >= 11 is 0. The lowest BCUT2D eigenvalue weighted by Crippen LogP contribution is -2.38. The van der Waals surface area contributed by atoms with E-state index in [-0.39, 0.29) is 0 Å². The summed E-state index contributed by atoms with van der Waals surface area (Å²) in [7, 11) is 1.76. The number of rotatable bonds is 12. The highest BCUT2D eigenvalue weighted by Crippen LogP contribution is 2.07. The summed E-state index contributed by atoms with van der Waals surface area (Å²) in [5.41, 5.74) is 2.14. The van der Waals surface area contributed by atoms with E-state index in [1.807, 2.05) is 12.1 Å². The van der Waals surface area contributed by atoms with Gasteiger partial charge >= 0.3 is 0 Å². The Labute approximate surface area is 161 Å². The maximum absolute atomic E-state index is 5.54. The molecule has 1 heterocycles. The van der Waals surface area contributed by atoms with Gasteiger partial charge in [-0.2, -0.15) is 5.10 Å². The van der Waals surface area contributed by atoms with Crippen LogP contribution in [0.3, 0.4) is 0 Å². The van der Waals surface area contributed by atoms with Gasteiger partial charge in [-0.1, -0.05) is 25.5 Å². The number of guanidine groups is 1. The SMILES string of the molecule is CCCCOCCOCCNC(=NC)NCc1ccc(-n2cncn2)cc1. The molecule has 8 nitrogen and oxygen atoms in total. The molecule has 0 aliphatic heterocycles. The lowest BCUT2D eigenvalue weighted by atomic mass is 10.2. The lowest BCUT2D eigenvalue weighted by molar-refractivity contribution is 0.0487. The topological polar surface area (TPSA) is 85.6 Å². The minimum atomic E-state index is 0.616. The summed E-state index contributed by atoms with van der Waals surface area (Å²) in [6, 6.07) is 8.13. The van der Waals surface area contributed by atoms with Crippen LogP contribution < -0.4 is 10.6 Å². The van der Waals surface area contributed by atoms with Gasteiger partial charge in [-0.3, -0.25) is 4.99 Å². The molecule has 8 heteroatoms. The Hall–Kier alpha value is -2.45. The predicted molar refractivity (Wildman–Crippen MR) is 106 cm³/mol. The van der Waals surface area contributed by atoms with Gasteiger partial charge in [0.2, 0.25) is 0 Å². The van der Waals surface area contributed by atoms with Crippen molar-refractivity contribution >= 4 is 5.96 Å². The molecule has 1 aromatic carbocycles. The Morgan fingerprint density at radius 2 is 1.85 bits per heavy atom. The average Bonchev–Trinajstić information content (AvgIpc) is 3.24. The van der Waals surface area contributed by atoms with Crippen LogP contribution in [0, 0.1) is 0 Å². The molecule has 0 fully saturated rings. The number of aromatic nitrogens is 3. The van der Waals surface area contributed by atoms with Crippen molar-refractivity contribution in [2.45, 2.75) is 26.3 Å². The molecule has 0 saturated heterocycles. The summed E-state index contributed by atoms with van der Waals surface area (Å²) in [6.07, 6.45) is 5.46. The Balaban J connectivity index is 1.59. The van der Waals surface area contributed by atoms with Gasteiger partial charge in [0.05, 0.1) is 25.5 Å². The van der Waals surface area contributed by atoms with Crippen LogP contribution in [-0.2, 0) is 16.0 Å². The van der Waals surface area contributed by atoms with Crippen LogP contribution in [0.25, 0.3) is 5.69 Å². The molecule has 0 radical (unpaired) electrons. The third-order valence-corrected chi connectivity index (χ3v) is 3.86. The second-order valence-electron chi connectivity index (χ2n) is 5.94. The van der Waals surface area contributed by atoms with E-state index in [0.717, 1.165) is 36.7 Å². The summed E-state index contributed by atoms with van der Waals surface area (Å²) < 4.78 is 12.7. The van der Waals surface area contributed by atoms with Crippen LogP contribution >= 0.6 is 0 Å². The number of benzene rings is 1. The number of nitrogens with one attached hydrogen (secondary N) is 2. The van der Waals surface area contributed by atoms with Crippen molar-refractivity contribution in [3.05, 3.63) is 42.5 Å². The molecule has 0 saturated carbocycles. The van der Waals surface area contributed by atoms with Crippen molar-refractivity contribution < 1.29 is 9.47 Å². The molecule has 2 N–H and O–H groups in total. The van der Waals surface area contributed by atoms with Crippen LogP contribution in [0.15, 0.2) is 41.9 Å². The van der Waals surface area contributed by atoms with Crippen LogP contribution in [0.1, 0.15) is 25.3 Å². The van der Waals surface area contributed by atoms with E-state index in [0.29, 0.717) is 32.9 Å². The minimum absolute atomic E-state index is 0.616. The zero-order chi connectivity index (χ0) is 19.2. The molecular formula is C19H30N6O2. The Kier molecular flexibility index (Phi) is 9.91. The summed E-state index contributed by atoms with van der Waals surface area (Å²) in [6.45, 7) is 6.23. The monoisotopic (exact) mass is 374 g/mol. The molecule has 27 heavy (non-hydrogen) atoms. The molecular weight excluding hydrogens is 344 g/mol. The van der Waals surface area contributed by atoms with Gasteiger partial charge in [-0.25, -0.2) is 9.67 Å². The van der Waals surface area contributed by atoms with Crippen molar-refractivity contribution in [1.29, 1.82) is 0 Å². The Morgan fingerprint density at radius 3 is 2.52 bits per heavy atom. The van der Waals surface area contributed by atoms with Gasteiger partial charge in [0.25, 0.3) is 0 Å². The number of ether oxygens (including phenoxy) is 2. The fourth-order valence-electron chi connectivity index (χ4n) is 2.32.